The van der Waals surface area contributed by atoms with Gasteiger partial charge in [-0.1, -0.05) is 23.7 Å². The van der Waals surface area contributed by atoms with Crippen LogP contribution in [0.5, 0.6) is 0 Å². The molecule has 0 radical (unpaired) electrons. The van der Waals surface area contributed by atoms with Crippen LogP contribution in [0.25, 0.3) is 11.3 Å². The monoisotopic (exact) mass is 351 g/mol. The van der Waals surface area contributed by atoms with E-state index in [0.29, 0.717) is 27.5 Å². The zero-order chi connectivity index (χ0) is 17.8. The minimum absolute atomic E-state index is 0.276. The van der Waals surface area contributed by atoms with Crippen LogP contribution in [0.15, 0.2) is 66.9 Å². The summed E-state index contributed by atoms with van der Waals surface area (Å²) < 4.78 is 0. The number of carbonyl (C=O) groups is 2. The van der Waals surface area contributed by atoms with Crippen LogP contribution in [0.4, 0.5) is 5.69 Å². The van der Waals surface area contributed by atoms with E-state index in [1.807, 2.05) is 18.2 Å². The number of pyridine rings is 1. The van der Waals surface area contributed by atoms with Gasteiger partial charge in [0.25, 0.3) is 5.91 Å². The fourth-order valence-corrected chi connectivity index (χ4v) is 2.55. The van der Waals surface area contributed by atoms with Gasteiger partial charge in [0, 0.05) is 28.6 Å². The Hall–Kier alpha value is -3.18. The predicted molar refractivity (Wildman–Crippen MR) is 97.6 cm³/mol. The average molecular weight is 352 g/mol. The lowest BCUT2D eigenvalue weighted by Gasteiger charge is -2.09. The van der Waals surface area contributed by atoms with Crippen molar-refractivity contribution in [3.05, 3.63) is 83.0 Å². The number of nitrogens with one attached hydrogen (secondary N) is 1. The topological polar surface area (TPSA) is 85.1 Å². The van der Waals surface area contributed by atoms with Crippen LogP contribution in [0.1, 0.15) is 20.7 Å². The number of primary amides is 1. The van der Waals surface area contributed by atoms with Crippen molar-refractivity contribution in [2.45, 2.75) is 0 Å². The van der Waals surface area contributed by atoms with Crippen LogP contribution in [-0.2, 0) is 0 Å². The molecule has 0 spiro atoms. The highest BCUT2D eigenvalue weighted by Gasteiger charge is 2.11. The van der Waals surface area contributed by atoms with Gasteiger partial charge in [-0.2, -0.15) is 0 Å². The lowest BCUT2D eigenvalue weighted by molar-refractivity contribution is 0.1000. The minimum Gasteiger partial charge on any atom is -0.366 e. The van der Waals surface area contributed by atoms with Gasteiger partial charge in [-0.15, -0.1) is 0 Å². The summed E-state index contributed by atoms with van der Waals surface area (Å²) in [5.41, 5.74) is 7.85. The number of anilines is 1. The number of rotatable bonds is 4. The highest BCUT2D eigenvalue weighted by Crippen LogP contribution is 2.29. The van der Waals surface area contributed by atoms with Crippen molar-refractivity contribution < 1.29 is 9.59 Å². The Morgan fingerprint density at radius 2 is 1.76 bits per heavy atom. The molecule has 1 aromatic heterocycles. The zero-order valence-corrected chi connectivity index (χ0v) is 13.8. The summed E-state index contributed by atoms with van der Waals surface area (Å²) in [6.45, 7) is 0. The standard InChI is InChI=1S/C19H14ClN3O2/c20-16-8-7-14(11-15(16)17-6-1-2-9-22-17)23-19(25)13-5-3-4-12(10-13)18(21)24/h1-11H,(H2,21,24)(H,23,25). The van der Waals surface area contributed by atoms with Crippen molar-refractivity contribution in [1.29, 1.82) is 0 Å². The third kappa shape index (κ3) is 3.84. The van der Waals surface area contributed by atoms with E-state index < -0.39 is 5.91 Å². The summed E-state index contributed by atoms with van der Waals surface area (Å²) in [5.74, 6) is -0.934. The number of carbonyl (C=O) groups excluding carboxylic acids is 2. The lowest BCUT2D eigenvalue weighted by atomic mass is 10.1. The molecular weight excluding hydrogens is 338 g/mol. The largest absolute Gasteiger partial charge is 0.366 e. The molecule has 3 aromatic rings. The fraction of sp³-hybridized carbons (Fsp3) is 0. The number of hydrogen-bond acceptors (Lipinski definition) is 3. The Bertz CT molecular complexity index is 942. The van der Waals surface area contributed by atoms with Crippen LogP contribution in [-0.4, -0.2) is 16.8 Å². The van der Waals surface area contributed by atoms with E-state index in [2.05, 4.69) is 10.3 Å². The number of halogens is 1. The maximum absolute atomic E-state index is 12.4. The summed E-state index contributed by atoms with van der Waals surface area (Å²) in [6.07, 6.45) is 1.67. The molecular formula is C19H14ClN3O2. The van der Waals surface area contributed by atoms with E-state index in [1.165, 1.54) is 6.07 Å². The number of nitrogens with zero attached hydrogens (tertiary/aromatic N) is 1. The highest BCUT2D eigenvalue weighted by molar-refractivity contribution is 6.33. The molecule has 0 saturated heterocycles. The Kier molecular flexibility index (Phi) is 4.77. The summed E-state index contributed by atoms with van der Waals surface area (Å²) in [6, 6.07) is 16.9. The maximum atomic E-state index is 12.4. The normalized spacial score (nSPS) is 10.3. The lowest BCUT2D eigenvalue weighted by Crippen LogP contribution is -2.15. The zero-order valence-electron chi connectivity index (χ0n) is 13.1. The molecule has 0 aliphatic carbocycles. The van der Waals surface area contributed by atoms with Crippen LogP contribution in [0.3, 0.4) is 0 Å². The molecule has 5 nitrogen and oxygen atoms in total. The fourth-order valence-electron chi connectivity index (χ4n) is 2.34. The van der Waals surface area contributed by atoms with E-state index in [0.717, 1.165) is 0 Å². The van der Waals surface area contributed by atoms with Gasteiger partial charge in [0.15, 0.2) is 0 Å². The summed E-state index contributed by atoms with van der Waals surface area (Å²) >= 11 is 6.24. The van der Waals surface area contributed by atoms with Crippen molar-refractivity contribution in [1.82, 2.24) is 4.98 Å². The molecule has 0 aliphatic heterocycles. The molecule has 124 valence electrons. The highest BCUT2D eigenvalue weighted by atomic mass is 35.5. The Morgan fingerprint density at radius 3 is 2.48 bits per heavy atom. The van der Waals surface area contributed by atoms with Crippen LogP contribution < -0.4 is 11.1 Å². The third-order valence-corrected chi connectivity index (χ3v) is 3.90. The molecule has 0 atom stereocenters. The van der Waals surface area contributed by atoms with Crippen LogP contribution >= 0.6 is 11.6 Å². The van der Waals surface area contributed by atoms with Crippen molar-refractivity contribution in [3.63, 3.8) is 0 Å². The van der Waals surface area contributed by atoms with Crippen molar-refractivity contribution in [2.75, 3.05) is 5.32 Å². The molecule has 2 aromatic carbocycles. The number of hydrogen-bond donors (Lipinski definition) is 2. The number of aromatic nitrogens is 1. The SMILES string of the molecule is NC(=O)c1cccc(C(=O)Nc2ccc(Cl)c(-c3ccccn3)c2)c1. The smallest absolute Gasteiger partial charge is 0.255 e. The second-order valence-electron chi connectivity index (χ2n) is 5.31. The van der Waals surface area contributed by atoms with Gasteiger partial charge in [-0.25, -0.2) is 0 Å². The van der Waals surface area contributed by atoms with Crippen LogP contribution in [0, 0.1) is 0 Å². The predicted octanol–water partition coefficient (Wildman–Crippen LogP) is 3.75. The summed E-state index contributed by atoms with van der Waals surface area (Å²) in [7, 11) is 0. The maximum Gasteiger partial charge on any atom is 0.255 e. The van der Waals surface area contributed by atoms with Gasteiger partial charge in [0.2, 0.25) is 5.91 Å². The first-order valence-corrected chi connectivity index (χ1v) is 7.84. The van der Waals surface area contributed by atoms with Crippen molar-refractivity contribution in [2.24, 2.45) is 5.73 Å². The van der Waals surface area contributed by atoms with E-state index in [4.69, 9.17) is 17.3 Å². The molecule has 6 heteroatoms. The molecule has 2 amide bonds. The average Bonchev–Trinajstić information content (AvgIpc) is 2.64. The van der Waals surface area contributed by atoms with Crippen molar-refractivity contribution in [3.8, 4) is 11.3 Å². The Balaban J connectivity index is 1.87. The number of nitrogens with two attached hydrogens (primary N) is 1. The van der Waals surface area contributed by atoms with Crippen molar-refractivity contribution >= 4 is 29.1 Å². The molecule has 0 unspecified atom stereocenters. The van der Waals surface area contributed by atoms with E-state index in [9.17, 15) is 9.59 Å². The number of amides is 2. The van der Waals surface area contributed by atoms with Gasteiger partial charge in [0.1, 0.15) is 0 Å². The molecule has 0 saturated carbocycles. The third-order valence-electron chi connectivity index (χ3n) is 3.57. The second-order valence-corrected chi connectivity index (χ2v) is 5.72. The van der Waals surface area contributed by atoms with E-state index in [-0.39, 0.29) is 11.5 Å². The van der Waals surface area contributed by atoms with Crippen LogP contribution in [0.2, 0.25) is 5.02 Å². The quantitative estimate of drug-likeness (QED) is 0.750. The molecule has 3 N–H and O–H groups in total. The molecule has 0 aliphatic rings. The first-order valence-electron chi connectivity index (χ1n) is 7.47. The van der Waals surface area contributed by atoms with Gasteiger partial charge in [-0.3, -0.25) is 14.6 Å². The minimum atomic E-state index is -0.585. The van der Waals surface area contributed by atoms with Gasteiger partial charge >= 0.3 is 0 Å². The molecule has 1 heterocycles. The Labute approximate surface area is 149 Å². The number of benzene rings is 2. The van der Waals surface area contributed by atoms with E-state index >= 15 is 0 Å². The van der Waals surface area contributed by atoms with Gasteiger partial charge in [0.05, 0.1) is 10.7 Å². The summed E-state index contributed by atoms with van der Waals surface area (Å²) in [5, 5.41) is 3.32. The molecule has 25 heavy (non-hydrogen) atoms. The molecule has 3 rings (SSSR count). The molecule has 0 bridgehead atoms. The van der Waals surface area contributed by atoms with Gasteiger partial charge in [-0.05, 0) is 48.5 Å². The second kappa shape index (κ2) is 7.15. The first-order chi connectivity index (χ1) is 12.0. The first kappa shape index (κ1) is 16.7. The van der Waals surface area contributed by atoms with E-state index in [1.54, 1.807) is 42.6 Å². The summed E-state index contributed by atoms with van der Waals surface area (Å²) in [4.78, 5) is 27.9. The molecule has 0 fully saturated rings. The van der Waals surface area contributed by atoms with Gasteiger partial charge < -0.3 is 11.1 Å². The Morgan fingerprint density at radius 1 is 0.960 bits per heavy atom.